The highest BCUT2D eigenvalue weighted by molar-refractivity contribution is 7.99. The van der Waals surface area contributed by atoms with Crippen LogP contribution in [-0.4, -0.2) is 29.9 Å². The number of aromatic amines is 1. The maximum Gasteiger partial charge on any atom is 0.181 e. The SMILES string of the molecule is CCc1nc(NN)cc(Sc2ncnc3nc[nH]c23)n1. The third kappa shape index (κ3) is 2.40. The van der Waals surface area contributed by atoms with E-state index in [-0.39, 0.29) is 0 Å². The molecule has 0 spiro atoms. The minimum Gasteiger partial charge on any atom is -0.341 e. The van der Waals surface area contributed by atoms with Gasteiger partial charge in [-0.05, 0) is 11.8 Å². The Kier molecular flexibility index (Phi) is 3.44. The number of hydrogen-bond acceptors (Lipinski definition) is 8. The Morgan fingerprint density at radius 2 is 2.20 bits per heavy atom. The summed E-state index contributed by atoms with van der Waals surface area (Å²) in [6.07, 6.45) is 3.80. The number of H-pyrrole nitrogens is 1. The second-order valence-electron chi connectivity index (χ2n) is 3.89. The smallest absolute Gasteiger partial charge is 0.181 e. The Hall–Kier alpha value is -2.26. The molecule has 0 aromatic carbocycles. The van der Waals surface area contributed by atoms with E-state index in [1.807, 2.05) is 6.92 Å². The molecular weight excluding hydrogens is 276 g/mol. The minimum absolute atomic E-state index is 0.578. The molecule has 4 N–H and O–H groups in total. The monoisotopic (exact) mass is 288 g/mol. The summed E-state index contributed by atoms with van der Waals surface area (Å²) in [6, 6.07) is 1.77. The maximum atomic E-state index is 5.42. The Morgan fingerprint density at radius 1 is 1.30 bits per heavy atom. The number of hydrogen-bond donors (Lipinski definition) is 3. The fourth-order valence-electron chi connectivity index (χ4n) is 1.68. The molecule has 0 radical (unpaired) electrons. The molecule has 3 rings (SSSR count). The minimum atomic E-state index is 0.578. The Balaban J connectivity index is 2.00. The van der Waals surface area contributed by atoms with Crippen molar-refractivity contribution in [2.24, 2.45) is 5.84 Å². The van der Waals surface area contributed by atoms with Crippen molar-refractivity contribution >= 4 is 28.7 Å². The van der Waals surface area contributed by atoms with Crippen LogP contribution in [0.2, 0.25) is 0 Å². The van der Waals surface area contributed by atoms with Crippen LogP contribution in [-0.2, 0) is 6.42 Å². The first-order valence-corrected chi connectivity index (χ1v) is 6.78. The standard InChI is InChI=1S/C11H12N8S/c1-2-6-17-7(19-12)3-8(18-6)20-11-9-10(14-4-13-9)15-5-16-11/h3-5H,2,12H2,1H3,(H,17,18,19)(H,13,14,15,16). The highest BCUT2D eigenvalue weighted by atomic mass is 32.2. The second-order valence-corrected chi connectivity index (χ2v) is 4.90. The molecule has 3 aromatic rings. The van der Waals surface area contributed by atoms with Crippen molar-refractivity contribution in [3.05, 3.63) is 24.5 Å². The number of hydrazine groups is 1. The quantitative estimate of drug-likeness (QED) is 0.371. The number of fused-ring (bicyclic) bond motifs is 1. The zero-order valence-corrected chi connectivity index (χ0v) is 11.5. The van der Waals surface area contributed by atoms with Gasteiger partial charge in [-0.3, -0.25) is 0 Å². The molecule has 3 aromatic heterocycles. The number of anilines is 1. The first-order chi connectivity index (χ1) is 9.80. The van der Waals surface area contributed by atoms with Gasteiger partial charge in [0.1, 0.15) is 33.5 Å². The number of nitrogen functional groups attached to an aromatic ring is 1. The molecule has 0 saturated heterocycles. The van der Waals surface area contributed by atoms with E-state index >= 15 is 0 Å². The summed E-state index contributed by atoms with van der Waals surface area (Å²) < 4.78 is 0. The van der Waals surface area contributed by atoms with Crippen LogP contribution in [0, 0.1) is 0 Å². The molecule has 3 heterocycles. The number of nitrogens with one attached hydrogen (secondary N) is 2. The molecule has 0 fully saturated rings. The lowest BCUT2D eigenvalue weighted by atomic mass is 10.4. The average Bonchev–Trinajstić information content (AvgIpc) is 2.96. The van der Waals surface area contributed by atoms with E-state index in [4.69, 9.17) is 5.84 Å². The molecule has 0 amide bonds. The van der Waals surface area contributed by atoms with Crippen LogP contribution in [0.1, 0.15) is 12.7 Å². The molecule has 20 heavy (non-hydrogen) atoms. The Morgan fingerprint density at radius 3 is 3.00 bits per heavy atom. The summed E-state index contributed by atoms with van der Waals surface area (Å²) in [6.45, 7) is 1.99. The van der Waals surface area contributed by atoms with Gasteiger partial charge in [-0.2, -0.15) is 0 Å². The Labute approximate surface area is 118 Å². The van der Waals surface area contributed by atoms with Crippen molar-refractivity contribution in [2.75, 3.05) is 5.43 Å². The van der Waals surface area contributed by atoms with Crippen molar-refractivity contribution in [1.82, 2.24) is 29.9 Å². The van der Waals surface area contributed by atoms with E-state index in [9.17, 15) is 0 Å². The predicted octanol–water partition coefficient (Wildman–Crippen LogP) is 1.14. The predicted molar refractivity (Wildman–Crippen MR) is 75.0 cm³/mol. The first kappa shape index (κ1) is 12.8. The molecule has 9 heteroatoms. The molecule has 102 valence electrons. The molecule has 0 aliphatic heterocycles. The van der Waals surface area contributed by atoms with Crippen LogP contribution < -0.4 is 11.3 Å². The maximum absolute atomic E-state index is 5.42. The fraction of sp³-hybridized carbons (Fsp3) is 0.182. The second kappa shape index (κ2) is 5.39. The summed E-state index contributed by atoms with van der Waals surface area (Å²) >= 11 is 1.41. The summed E-state index contributed by atoms with van der Waals surface area (Å²) in [5.41, 5.74) is 3.96. The average molecular weight is 288 g/mol. The van der Waals surface area contributed by atoms with Gasteiger partial charge >= 0.3 is 0 Å². The van der Waals surface area contributed by atoms with Gasteiger partial charge in [0.05, 0.1) is 6.33 Å². The van der Waals surface area contributed by atoms with E-state index in [0.29, 0.717) is 11.5 Å². The zero-order valence-electron chi connectivity index (χ0n) is 10.7. The number of rotatable bonds is 4. The number of imidazole rings is 1. The third-order valence-corrected chi connectivity index (χ3v) is 3.52. The van der Waals surface area contributed by atoms with E-state index in [1.54, 1.807) is 12.4 Å². The van der Waals surface area contributed by atoms with Crippen LogP contribution in [0.25, 0.3) is 11.2 Å². The van der Waals surface area contributed by atoms with E-state index in [2.05, 4.69) is 35.3 Å². The summed E-state index contributed by atoms with van der Waals surface area (Å²) in [7, 11) is 0. The molecule has 0 unspecified atom stereocenters. The zero-order chi connectivity index (χ0) is 13.9. The van der Waals surface area contributed by atoms with E-state index < -0.39 is 0 Å². The van der Waals surface area contributed by atoms with Gasteiger partial charge in [0, 0.05) is 12.5 Å². The van der Waals surface area contributed by atoms with Crippen molar-refractivity contribution in [2.45, 2.75) is 23.4 Å². The van der Waals surface area contributed by atoms with E-state index in [0.717, 1.165) is 27.8 Å². The van der Waals surface area contributed by atoms with Crippen LogP contribution in [0.5, 0.6) is 0 Å². The van der Waals surface area contributed by atoms with Gasteiger partial charge in [-0.25, -0.2) is 30.8 Å². The molecule has 0 bridgehead atoms. The number of nitrogens with two attached hydrogens (primary N) is 1. The normalized spacial score (nSPS) is 10.9. The summed E-state index contributed by atoms with van der Waals surface area (Å²) in [5.74, 6) is 6.72. The van der Waals surface area contributed by atoms with Gasteiger partial charge in [0.15, 0.2) is 5.65 Å². The van der Waals surface area contributed by atoms with Gasteiger partial charge < -0.3 is 10.4 Å². The Bertz CT molecular complexity index is 718. The summed E-state index contributed by atoms with van der Waals surface area (Å²) in [5, 5.41) is 1.52. The lowest BCUT2D eigenvalue weighted by Crippen LogP contribution is -2.10. The largest absolute Gasteiger partial charge is 0.341 e. The number of aromatic nitrogens is 6. The summed E-state index contributed by atoms with van der Waals surface area (Å²) in [4.78, 5) is 24.2. The highest BCUT2D eigenvalue weighted by Gasteiger charge is 2.10. The highest BCUT2D eigenvalue weighted by Crippen LogP contribution is 2.29. The van der Waals surface area contributed by atoms with Crippen LogP contribution in [0.15, 0.2) is 28.8 Å². The molecule has 8 nitrogen and oxygen atoms in total. The molecule has 0 atom stereocenters. The van der Waals surface area contributed by atoms with Crippen LogP contribution in [0.3, 0.4) is 0 Å². The molecule has 0 saturated carbocycles. The lowest BCUT2D eigenvalue weighted by Gasteiger charge is -2.06. The topological polar surface area (TPSA) is 118 Å². The molecular formula is C11H12N8S. The third-order valence-electron chi connectivity index (χ3n) is 2.60. The van der Waals surface area contributed by atoms with Gasteiger partial charge in [0.2, 0.25) is 0 Å². The van der Waals surface area contributed by atoms with Crippen LogP contribution >= 0.6 is 11.8 Å². The van der Waals surface area contributed by atoms with Crippen LogP contribution in [0.4, 0.5) is 5.82 Å². The number of nitrogens with zero attached hydrogens (tertiary/aromatic N) is 5. The van der Waals surface area contributed by atoms with Gasteiger partial charge in [-0.15, -0.1) is 0 Å². The first-order valence-electron chi connectivity index (χ1n) is 5.96. The lowest BCUT2D eigenvalue weighted by molar-refractivity contribution is 0.887. The van der Waals surface area contributed by atoms with Gasteiger partial charge in [0.25, 0.3) is 0 Å². The van der Waals surface area contributed by atoms with E-state index in [1.165, 1.54) is 18.1 Å². The molecule has 0 aliphatic rings. The van der Waals surface area contributed by atoms with Crippen molar-refractivity contribution in [1.29, 1.82) is 0 Å². The van der Waals surface area contributed by atoms with Crippen molar-refractivity contribution < 1.29 is 0 Å². The van der Waals surface area contributed by atoms with Crippen molar-refractivity contribution in [3.8, 4) is 0 Å². The van der Waals surface area contributed by atoms with Gasteiger partial charge in [-0.1, -0.05) is 6.92 Å². The fourth-order valence-corrected chi connectivity index (χ4v) is 2.55. The molecule has 0 aliphatic carbocycles. The number of aryl methyl sites for hydroxylation is 1. The van der Waals surface area contributed by atoms with Crippen molar-refractivity contribution in [3.63, 3.8) is 0 Å².